The fourth-order valence-electron chi connectivity index (χ4n) is 2.59. The second kappa shape index (κ2) is 7.53. The third kappa shape index (κ3) is 3.67. The molecule has 1 heterocycles. The molecule has 1 amide bonds. The number of carbonyl (C=O) groups is 2. The molecule has 0 aliphatic rings. The Kier molecular flexibility index (Phi) is 5.18. The molecule has 6 nitrogen and oxygen atoms in total. The van der Waals surface area contributed by atoms with Gasteiger partial charge in [-0.25, -0.2) is 4.79 Å². The lowest BCUT2D eigenvalue weighted by Gasteiger charge is -2.07. The molecule has 3 aromatic rings. The number of fused-ring (bicyclic) bond motifs is 1. The molecule has 0 aliphatic heterocycles. The molecule has 0 unspecified atom stereocenters. The summed E-state index contributed by atoms with van der Waals surface area (Å²) in [5.41, 5.74) is 3.05. The molecule has 0 atom stereocenters. The van der Waals surface area contributed by atoms with Gasteiger partial charge in [0, 0.05) is 0 Å². The zero-order chi connectivity index (χ0) is 18.7. The first-order valence-electron chi connectivity index (χ1n) is 7.91. The Morgan fingerprint density at radius 1 is 1.15 bits per heavy atom. The molecule has 2 aromatic carbocycles. The van der Waals surface area contributed by atoms with Gasteiger partial charge in [0.05, 0.1) is 31.0 Å². The van der Waals surface area contributed by atoms with Crippen molar-refractivity contribution >= 4 is 33.4 Å². The van der Waals surface area contributed by atoms with Gasteiger partial charge in [0.15, 0.2) is 4.80 Å². The number of methoxy groups -OCH3 is 2. The van der Waals surface area contributed by atoms with Crippen molar-refractivity contribution < 1.29 is 19.1 Å². The fraction of sp³-hybridized carbons (Fsp3) is 0.211. The van der Waals surface area contributed by atoms with Crippen molar-refractivity contribution in [2.24, 2.45) is 4.99 Å². The largest absolute Gasteiger partial charge is 0.497 e. The highest BCUT2D eigenvalue weighted by Gasteiger charge is 2.15. The molecule has 0 aliphatic carbocycles. The van der Waals surface area contributed by atoms with E-state index in [1.807, 2.05) is 54.0 Å². The van der Waals surface area contributed by atoms with Gasteiger partial charge >= 0.3 is 11.9 Å². The number of nitrogens with zero attached hydrogens (tertiary/aromatic N) is 2. The van der Waals surface area contributed by atoms with Crippen LogP contribution in [0.4, 0.5) is 0 Å². The van der Waals surface area contributed by atoms with Gasteiger partial charge in [0.25, 0.3) is 0 Å². The molecule has 7 heteroatoms. The third-order valence-electron chi connectivity index (χ3n) is 3.87. The number of benzene rings is 2. The Morgan fingerprint density at radius 2 is 1.96 bits per heavy atom. The Morgan fingerprint density at radius 3 is 2.69 bits per heavy atom. The van der Waals surface area contributed by atoms with Crippen molar-refractivity contribution in [2.75, 3.05) is 14.2 Å². The molecule has 0 N–H and O–H groups in total. The maximum atomic E-state index is 11.9. The van der Waals surface area contributed by atoms with Crippen LogP contribution >= 0.6 is 11.3 Å². The van der Waals surface area contributed by atoms with E-state index < -0.39 is 11.9 Å². The van der Waals surface area contributed by atoms with Crippen LogP contribution < -0.4 is 9.54 Å². The topological polar surface area (TPSA) is 69.9 Å². The minimum atomic E-state index is -0.980. The zero-order valence-corrected chi connectivity index (χ0v) is 15.5. The molecule has 0 spiro atoms. The first kappa shape index (κ1) is 17.9. The van der Waals surface area contributed by atoms with E-state index in [0.29, 0.717) is 11.3 Å². The van der Waals surface area contributed by atoms with Crippen molar-refractivity contribution in [1.82, 2.24) is 4.57 Å². The van der Waals surface area contributed by atoms with E-state index in [0.717, 1.165) is 34.2 Å². The lowest BCUT2D eigenvalue weighted by Crippen LogP contribution is -2.21. The highest BCUT2D eigenvalue weighted by molar-refractivity contribution is 7.16. The number of hydrogen-bond donors (Lipinski definition) is 0. The van der Waals surface area contributed by atoms with Crippen LogP contribution in [0.5, 0.6) is 5.75 Å². The predicted molar refractivity (Wildman–Crippen MR) is 99.2 cm³/mol. The number of hydrogen-bond acceptors (Lipinski definition) is 5. The minimum absolute atomic E-state index is 0.448. The summed E-state index contributed by atoms with van der Waals surface area (Å²) in [6, 6.07) is 13.7. The molecule has 0 fully saturated rings. The summed E-state index contributed by atoms with van der Waals surface area (Å²) in [6.45, 7) is 2.50. The number of carbonyl (C=O) groups excluding carboxylic acids is 2. The second-order valence-corrected chi connectivity index (χ2v) is 6.71. The van der Waals surface area contributed by atoms with E-state index in [-0.39, 0.29) is 0 Å². The summed E-state index contributed by atoms with van der Waals surface area (Å²) in [5.74, 6) is -1.15. The number of ether oxygens (including phenoxy) is 2. The van der Waals surface area contributed by atoms with Gasteiger partial charge in [-0.3, -0.25) is 4.79 Å². The molecule has 3 rings (SSSR count). The van der Waals surface area contributed by atoms with Crippen molar-refractivity contribution in [1.29, 1.82) is 0 Å². The molecule has 0 saturated carbocycles. The number of aryl methyl sites for hydroxylation is 1. The lowest BCUT2D eigenvalue weighted by molar-refractivity contribution is -0.151. The number of rotatable bonds is 3. The number of esters is 1. The normalized spacial score (nSPS) is 11.6. The van der Waals surface area contributed by atoms with E-state index in [1.54, 1.807) is 7.11 Å². The zero-order valence-electron chi connectivity index (χ0n) is 14.7. The van der Waals surface area contributed by atoms with Gasteiger partial charge < -0.3 is 14.0 Å². The minimum Gasteiger partial charge on any atom is -0.497 e. The first-order valence-corrected chi connectivity index (χ1v) is 8.73. The van der Waals surface area contributed by atoms with E-state index in [4.69, 9.17) is 4.74 Å². The maximum absolute atomic E-state index is 11.9. The molecule has 134 valence electrons. The Balaban J connectivity index is 2.14. The maximum Gasteiger partial charge on any atom is 0.399 e. The van der Waals surface area contributed by atoms with Gasteiger partial charge in [-0.05, 0) is 42.3 Å². The third-order valence-corrected chi connectivity index (χ3v) is 4.91. The molecular formula is C19H18N2O4S. The first-order chi connectivity index (χ1) is 12.5. The SMILES string of the molecule is COC(=O)C(=O)N=c1sc2cc(C)ccc2n1Cc1cccc(OC)c1. The van der Waals surface area contributed by atoms with Crippen molar-refractivity contribution in [3.05, 3.63) is 58.4 Å². The van der Waals surface area contributed by atoms with Crippen LogP contribution in [0.2, 0.25) is 0 Å². The number of thiazole rings is 1. The van der Waals surface area contributed by atoms with Crippen molar-refractivity contribution in [2.45, 2.75) is 13.5 Å². The van der Waals surface area contributed by atoms with Crippen LogP contribution in [0.15, 0.2) is 47.5 Å². The van der Waals surface area contributed by atoms with Crippen LogP contribution in [0.25, 0.3) is 10.2 Å². The lowest BCUT2D eigenvalue weighted by atomic mass is 10.2. The Bertz CT molecular complexity index is 1050. The van der Waals surface area contributed by atoms with Crippen molar-refractivity contribution in [3.8, 4) is 5.75 Å². The van der Waals surface area contributed by atoms with Gasteiger partial charge in [-0.2, -0.15) is 4.99 Å². The average Bonchev–Trinajstić information content (AvgIpc) is 2.97. The molecule has 0 saturated heterocycles. The second-order valence-electron chi connectivity index (χ2n) is 5.70. The Hall–Kier alpha value is -2.93. The summed E-state index contributed by atoms with van der Waals surface area (Å²) >= 11 is 1.36. The van der Waals surface area contributed by atoms with Crippen molar-refractivity contribution in [3.63, 3.8) is 0 Å². The van der Waals surface area contributed by atoms with E-state index in [1.165, 1.54) is 11.3 Å². The highest BCUT2D eigenvalue weighted by atomic mass is 32.1. The molecule has 0 radical (unpaired) electrons. The summed E-state index contributed by atoms with van der Waals surface area (Å²) in [6.07, 6.45) is 0. The van der Waals surface area contributed by atoms with E-state index >= 15 is 0 Å². The van der Waals surface area contributed by atoms with Gasteiger partial charge in [-0.15, -0.1) is 0 Å². The molecule has 0 bridgehead atoms. The smallest absolute Gasteiger partial charge is 0.399 e. The van der Waals surface area contributed by atoms with Crippen LogP contribution in [0, 0.1) is 6.92 Å². The Labute approximate surface area is 154 Å². The molecule has 26 heavy (non-hydrogen) atoms. The van der Waals surface area contributed by atoms with Crippen LogP contribution in [0.1, 0.15) is 11.1 Å². The van der Waals surface area contributed by atoms with E-state index in [2.05, 4.69) is 9.73 Å². The molecular weight excluding hydrogens is 352 g/mol. The average molecular weight is 370 g/mol. The highest BCUT2D eigenvalue weighted by Crippen LogP contribution is 2.21. The van der Waals surface area contributed by atoms with E-state index in [9.17, 15) is 9.59 Å². The number of aromatic nitrogens is 1. The summed E-state index contributed by atoms with van der Waals surface area (Å²) in [4.78, 5) is 27.8. The summed E-state index contributed by atoms with van der Waals surface area (Å²) in [5, 5.41) is 0. The fourth-order valence-corrected chi connectivity index (χ4v) is 3.72. The summed E-state index contributed by atoms with van der Waals surface area (Å²) < 4.78 is 12.6. The van der Waals surface area contributed by atoms with Crippen LogP contribution in [-0.2, 0) is 20.9 Å². The monoisotopic (exact) mass is 370 g/mol. The molecule has 1 aromatic heterocycles. The van der Waals surface area contributed by atoms with Gasteiger partial charge in [0.2, 0.25) is 0 Å². The van der Waals surface area contributed by atoms with Crippen LogP contribution in [0.3, 0.4) is 0 Å². The standard InChI is InChI=1S/C19H18N2O4S/c1-12-7-8-15-16(9-12)26-19(20-17(22)18(23)25-3)21(15)11-13-5-4-6-14(10-13)24-2/h4-10H,11H2,1-3H3. The van der Waals surface area contributed by atoms with Gasteiger partial charge in [-0.1, -0.05) is 29.5 Å². The van der Waals surface area contributed by atoms with Gasteiger partial charge in [0.1, 0.15) is 5.75 Å². The summed E-state index contributed by atoms with van der Waals surface area (Å²) in [7, 11) is 2.78. The van der Waals surface area contributed by atoms with Crippen LogP contribution in [-0.4, -0.2) is 30.7 Å². The predicted octanol–water partition coefficient (Wildman–Crippen LogP) is 2.67. The number of amides is 1. The quantitative estimate of drug-likeness (QED) is 0.525.